The Kier molecular flexibility index (Phi) is 3.18. The molecule has 0 spiro atoms. The molecule has 1 aromatic rings. The summed E-state index contributed by atoms with van der Waals surface area (Å²) in [4.78, 5) is 0. The molecule has 1 atom stereocenters. The first-order valence-electron chi connectivity index (χ1n) is 4.41. The molecule has 3 N–H and O–H groups in total. The van der Waals surface area contributed by atoms with Crippen molar-refractivity contribution in [1.82, 2.24) is 0 Å². The molecule has 1 aromatic carbocycles. The molecular weight excluding hydrogens is 188 g/mol. The first-order chi connectivity index (χ1) is 6.51. The molecule has 0 aromatic heterocycles. The SMILES string of the molecule is CCC(O)(CN)c1cc(F)cc(F)c1. The summed E-state index contributed by atoms with van der Waals surface area (Å²) in [6.07, 6.45) is 0.312. The molecule has 0 bridgehead atoms. The lowest BCUT2D eigenvalue weighted by atomic mass is 9.91. The van der Waals surface area contributed by atoms with Crippen LogP contribution in [0.3, 0.4) is 0 Å². The van der Waals surface area contributed by atoms with Gasteiger partial charge in [0.05, 0.1) is 0 Å². The summed E-state index contributed by atoms with van der Waals surface area (Å²) >= 11 is 0. The van der Waals surface area contributed by atoms with Gasteiger partial charge >= 0.3 is 0 Å². The summed E-state index contributed by atoms with van der Waals surface area (Å²) in [7, 11) is 0. The molecule has 78 valence electrons. The van der Waals surface area contributed by atoms with Gasteiger partial charge in [-0.3, -0.25) is 0 Å². The summed E-state index contributed by atoms with van der Waals surface area (Å²) < 4.78 is 25.7. The van der Waals surface area contributed by atoms with Crippen molar-refractivity contribution in [1.29, 1.82) is 0 Å². The minimum Gasteiger partial charge on any atom is -0.384 e. The minimum absolute atomic E-state index is 0.0631. The third kappa shape index (κ3) is 2.08. The third-order valence-corrected chi connectivity index (χ3v) is 2.32. The van der Waals surface area contributed by atoms with Crippen molar-refractivity contribution in [3.8, 4) is 0 Å². The summed E-state index contributed by atoms with van der Waals surface area (Å²) in [5, 5.41) is 9.89. The summed E-state index contributed by atoms with van der Waals surface area (Å²) in [6, 6.07) is 2.95. The average Bonchev–Trinajstić information content (AvgIpc) is 2.15. The molecule has 0 heterocycles. The second-order valence-electron chi connectivity index (χ2n) is 3.25. The van der Waals surface area contributed by atoms with E-state index in [0.717, 1.165) is 18.2 Å². The lowest BCUT2D eigenvalue weighted by Gasteiger charge is -2.25. The van der Waals surface area contributed by atoms with Crippen molar-refractivity contribution in [2.75, 3.05) is 6.54 Å². The van der Waals surface area contributed by atoms with Gasteiger partial charge in [0.25, 0.3) is 0 Å². The predicted octanol–water partition coefficient (Wildman–Crippen LogP) is 1.52. The molecule has 1 unspecified atom stereocenters. The Morgan fingerprint density at radius 3 is 2.14 bits per heavy atom. The van der Waals surface area contributed by atoms with Crippen molar-refractivity contribution in [2.24, 2.45) is 5.73 Å². The first-order valence-corrected chi connectivity index (χ1v) is 4.41. The molecule has 0 aliphatic carbocycles. The van der Waals surface area contributed by atoms with Crippen molar-refractivity contribution in [2.45, 2.75) is 18.9 Å². The van der Waals surface area contributed by atoms with Gasteiger partial charge in [-0.1, -0.05) is 6.92 Å². The van der Waals surface area contributed by atoms with Gasteiger partial charge in [0.1, 0.15) is 17.2 Å². The number of halogens is 2. The molecule has 0 radical (unpaired) electrons. The van der Waals surface area contributed by atoms with Crippen LogP contribution in [0, 0.1) is 11.6 Å². The van der Waals surface area contributed by atoms with Crippen molar-refractivity contribution in [3.05, 3.63) is 35.4 Å². The second-order valence-corrected chi connectivity index (χ2v) is 3.25. The zero-order valence-corrected chi connectivity index (χ0v) is 7.93. The fourth-order valence-corrected chi connectivity index (χ4v) is 1.29. The van der Waals surface area contributed by atoms with Crippen LogP contribution in [0.25, 0.3) is 0 Å². The molecule has 0 aliphatic heterocycles. The van der Waals surface area contributed by atoms with Crippen molar-refractivity contribution in [3.63, 3.8) is 0 Å². The number of aliphatic hydroxyl groups is 1. The quantitative estimate of drug-likeness (QED) is 0.778. The van der Waals surface area contributed by atoms with E-state index in [1.165, 1.54) is 0 Å². The van der Waals surface area contributed by atoms with Gasteiger partial charge in [0, 0.05) is 12.6 Å². The highest BCUT2D eigenvalue weighted by Crippen LogP contribution is 2.24. The van der Waals surface area contributed by atoms with E-state index >= 15 is 0 Å². The molecular formula is C10H13F2NO. The third-order valence-electron chi connectivity index (χ3n) is 2.32. The Morgan fingerprint density at radius 1 is 1.29 bits per heavy atom. The number of nitrogens with two attached hydrogens (primary N) is 1. The molecule has 0 aliphatic rings. The van der Waals surface area contributed by atoms with Gasteiger partial charge < -0.3 is 10.8 Å². The topological polar surface area (TPSA) is 46.2 Å². The molecule has 2 nitrogen and oxygen atoms in total. The Balaban J connectivity index is 3.17. The fourth-order valence-electron chi connectivity index (χ4n) is 1.29. The maximum absolute atomic E-state index is 12.8. The van der Waals surface area contributed by atoms with Gasteiger partial charge in [-0.25, -0.2) is 8.78 Å². The molecule has 0 saturated heterocycles. The zero-order chi connectivity index (χ0) is 10.8. The van der Waals surface area contributed by atoms with Gasteiger partial charge in [-0.15, -0.1) is 0 Å². The van der Waals surface area contributed by atoms with E-state index in [1.807, 2.05) is 0 Å². The molecule has 0 amide bonds. The second kappa shape index (κ2) is 4.02. The van der Waals surface area contributed by atoms with Crippen LogP contribution in [0.15, 0.2) is 18.2 Å². The summed E-state index contributed by atoms with van der Waals surface area (Å²) in [5.41, 5.74) is 4.19. The molecule has 4 heteroatoms. The van der Waals surface area contributed by atoms with E-state index in [2.05, 4.69) is 0 Å². The van der Waals surface area contributed by atoms with Crippen LogP contribution in [0.4, 0.5) is 8.78 Å². The molecule has 0 fully saturated rings. The van der Waals surface area contributed by atoms with Gasteiger partial charge in [0.2, 0.25) is 0 Å². The first kappa shape index (κ1) is 11.1. The van der Waals surface area contributed by atoms with Crippen LogP contribution in [0.1, 0.15) is 18.9 Å². The largest absolute Gasteiger partial charge is 0.384 e. The Labute approximate surface area is 81.4 Å². The number of benzene rings is 1. The molecule has 14 heavy (non-hydrogen) atoms. The van der Waals surface area contributed by atoms with E-state index in [1.54, 1.807) is 6.92 Å². The van der Waals surface area contributed by atoms with Crippen molar-refractivity contribution < 1.29 is 13.9 Å². The number of hydrogen-bond donors (Lipinski definition) is 2. The van der Waals surface area contributed by atoms with Crippen LogP contribution in [0.2, 0.25) is 0 Å². The fraction of sp³-hybridized carbons (Fsp3) is 0.400. The monoisotopic (exact) mass is 201 g/mol. The normalized spacial score (nSPS) is 15.2. The van der Waals surface area contributed by atoms with Crippen LogP contribution in [-0.4, -0.2) is 11.7 Å². The Morgan fingerprint density at radius 2 is 1.79 bits per heavy atom. The van der Waals surface area contributed by atoms with E-state index in [9.17, 15) is 13.9 Å². The van der Waals surface area contributed by atoms with Crippen LogP contribution in [-0.2, 0) is 5.60 Å². The van der Waals surface area contributed by atoms with Crippen molar-refractivity contribution >= 4 is 0 Å². The Hall–Kier alpha value is -1.00. The van der Waals surface area contributed by atoms with E-state index in [4.69, 9.17) is 5.73 Å². The van der Waals surface area contributed by atoms with Gasteiger partial charge in [0.15, 0.2) is 0 Å². The lowest BCUT2D eigenvalue weighted by Crippen LogP contribution is -2.34. The molecule has 0 saturated carbocycles. The van der Waals surface area contributed by atoms with Gasteiger partial charge in [-0.2, -0.15) is 0 Å². The lowest BCUT2D eigenvalue weighted by molar-refractivity contribution is 0.0412. The summed E-state index contributed by atoms with van der Waals surface area (Å²) in [5.74, 6) is -1.42. The summed E-state index contributed by atoms with van der Waals surface area (Å²) in [6.45, 7) is 1.64. The van der Waals surface area contributed by atoms with Crippen LogP contribution < -0.4 is 5.73 Å². The smallest absolute Gasteiger partial charge is 0.126 e. The van der Waals surface area contributed by atoms with E-state index < -0.39 is 17.2 Å². The maximum atomic E-state index is 12.8. The van der Waals surface area contributed by atoms with E-state index in [-0.39, 0.29) is 12.1 Å². The van der Waals surface area contributed by atoms with Crippen LogP contribution in [0.5, 0.6) is 0 Å². The van der Waals surface area contributed by atoms with Crippen LogP contribution >= 0.6 is 0 Å². The van der Waals surface area contributed by atoms with E-state index in [0.29, 0.717) is 6.42 Å². The van der Waals surface area contributed by atoms with Gasteiger partial charge in [-0.05, 0) is 24.1 Å². The highest BCUT2D eigenvalue weighted by atomic mass is 19.1. The average molecular weight is 201 g/mol. The highest BCUT2D eigenvalue weighted by Gasteiger charge is 2.26. The number of hydrogen-bond acceptors (Lipinski definition) is 2. The standard InChI is InChI=1S/C10H13F2NO/c1-2-10(14,6-13)7-3-8(11)5-9(12)4-7/h3-5,14H,2,6,13H2,1H3. The number of rotatable bonds is 3. The highest BCUT2D eigenvalue weighted by molar-refractivity contribution is 5.24. The zero-order valence-electron chi connectivity index (χ0n) is 7.93. The molecule has 1 rings (SSSR count). The maximum Gasteiger partial charge on any atom is 0.126 e. The Bertz CT molecular complexity index is 304. The predicted molar refractivity (Wildman–Crippen MR) is 49.6 cm³/mol. The minimum atomic E-state index is -1.34.